The number of hydrogen-bond acceptors (Lipinski definition) is 4. The van der Waals surface area contributed by atoms with E-state index in [2.05, 4.69) is 17.2 Å². The molecule has 2 aromatic rings. The van der Waals surface area contributed by atoms with Crippen molar-refractivity contribution in [3.63, 3.8) is 0 Å². The van der Waals surface area contributed by atoms with E-state index in [1.54, 1.807) is 18.3 Å². The zero-order chi connectivity index (χ0) is 13.2. The van der Waals surface area contributed by atoms with Gasteiger partial charge in [-0.3, -0.25) is 0 Å². The van der Waals surface area contributed by atoms with Crippen molar-refractivity contribution in [3.8, 4) is 5.75 Å². The van der Waals surface area contributed by atoms with Crippen LogP contribution in [0.15, 0.2) is 30.5 Å². The standard InChI is InChI=1S/C15H18N2O2/c1-10(12-5-7-19-9-12)17-15-14-8-13(18)3-2-11(14)4-6-16-15/h2-4,6,8,10,12,18H,5,7,9H2,1H3,(H,16,17). The van der Waals surface area contributed by atoms with Crippen molar-refractivity contribution in [2.75, 3.05) is 18.5 Å². The smallest absolute Gasteiger partial charge is 0.134 e. The minimum atomic E-state index is 0.264. The van der Waals surface area contributed by atoms with E-state index in [0.29, 0.717) is 12.0 Å². The van der Waals surface area contributed by atoms with Crippen LogP contribution in [0.1, 0.15) is 13.3 Å². The quantitative estimate of drug-likeness (QED) is 0.889. The van der Waals surface area contributed by atoms with E-state index in [-0.39, 0.29) is 5.75 Å². The molecule has 19 heavy (non-hydrogen) atoms. The van der Waals surface area contributed by atoms with Crippen molar-refractivity contribution >= 4 is 16.6 Å². The third-order valence-electron chi connectivity index (χ3n) is 3.79. The Kier molecular flexibility index (Phi) is 3.25. The van der Waals surface area contributed by atoms with Gasteiger partial charge in [0, 0.05) is 30.1 Å². The second kappa shape index (κ2) is 5.05. The van der Waals surface area contributed by atoms with Crippen molar-refractivity contribution in [2.24, 2.45) is 5.92 Å². The number of nitrogens with zero attached hydrogens (tertiary/aromatic N) is 1. The van der Waals surface area contributed by atoms with Crippen LogP contribution in [0, 0.1) is 5.92 Å². The first-order chi connectivity index (χ1) is 9.24. The Hall–Kier alpha value is -1.81. The van der Waals surface area contributed by atoms with Gasteiger partial charge >= 0.3 is 0 Å². The number of nitrogens with one attached hydrogen (secondary N) is 1. The maximum absolute atomic E-state index is 9.62. The van der Waals surface area contributed by atoms with Crippen molar-refractivity contribution in [1.82, 2.24) is 4.98 Å². The number of benzene rings is 1. The highest BCUT2D eigenvalue weighted by molar-refractivity contribution is 5.92. The van der Waals surface area contributed by atoms with E-state index >= 15 is 0 Å². The van der Waals surface area contributed by atoms with E-state index in [4.69, 9.17) is 4.74 Å². The zero-order valence-corrected chi connectivity index (χ0v) is 11.0. The van der Waals surface area contributed by atoms with E-state index in [1.165, 1.54) is 0 Å². The molecule has 0 saturated carbocycles. The largest absolute Gasteiger partial charge is 0.508 e. The van der Waals surface area contributed by atoms with Crippen molar-refractivity contribution in [3.05, 3.63) is 30.5 Å². The summed E-state index contributed by atoms with van der Waals surface area (Å²) in [6.45, 7) is 3.81. The molecule has 2 unspecified atom stereocenters. The minimum absolute atomic E-state index is 0.264. The van der Waals surface area contributed by atoms with Gasteiger partial charge in [0.1, 0.15) is 11.6 Å². The number of fused-ring (bicyclic) bond motifs is 1. The molecule has 1 aromatic heterocycles. The molecular formula is C15H18N2O2. The Morgan fingerprint density at radius 3 is 3.11 bits per heavy atom. The first-order valence-electron chi connectivity index (χ1n) is 6.66. The molecule has 1 aliphatic rings. The summed E-state index contributed by atoms with van der Waals surface area (Å²) in [7, 11) is 0. The molecule has 0 radical (unpaired) electrons. The Labute approximate surface area is 112 Å². The molecule has 2 N–H and O–H groups in total. The molecule has 1 aromatic carbocycles. The van der Waals surface area contributed by atoms with Crippen LogP contribution in [0.5, 0.6) is 5.75 Å². The number of phenols is 1. The van der Waals surface area contributed by atoms with E-state index in [9.17, 15) is 5.11 Å². The van der Waals surface area contributed by atoms with Crippen molar-refractivity contribution < 1.29 is 9.84 Å². The van der Waals surface area contributed by atoms with Crippen LogP contribution in [0.25, 0.3) is 10.8 Å². The zero-order valence-electron chi connectivity index (χ0n) is 11.0. The fourth-order valence-corrected chi connectivity index (χ4v) is 2.55. The Morgan fingerprint density at radius 1 is 1.42 bits per heavy atom. The van der Waals surface area contributed by atoms with Gasteiger partial charge < -0.3 is 15.2 Å². The van der Waals surface area contributed by atoms with Gasteiger partial charge in [-0.1, -0.05) is 6.07 Å². The lowest BCUT2D eigenvalue weighted by molar-refractivity contribution is 0.183. The summed E-state index contributed by atoms with van der Waals surface area (Å²) in [6.07, 6.45) is 2.88. The molecule has 0 aliphatic carbocycles. The summed E-state index contributed by atoms with van der Waals surface area (Å²) in [5, 5.41) is 15.1. The minimum Gasteiger partial charge on any atom is -0.508 e. The van der Waals surface area contributed by atoms with E-state index < -0.39 is 0 Å². The maximum Gasteiger partial charge on any atom is 0.134 e. The highest BCUT2D eigenvalue weighted by Gasteiger charge is 2.22. The second-order valence-corrected chi connectivity index (χ2v) is 5.12. The average molecular weight is 258 g/mol. The van der Waals surface area contributed by atoms with Crippen LogP contribution >= 0.6 is 0 Å². The lowest BCUT2D eigenvalue weighted by atomic mass is 10.0. The van der Waals surface area contributed by atoms with Crippen LogP contribution in [0.4, 0.5) is 5.82 Å². The lowest BCUT2D eigenvalue weighted by Gasteiger charge is -2.20. The highest BCUT2D eigenvalue weighted by Crippen LogP contribution is 2.27. The molecule has 2 heterocycles. The van der Waals surface area contributed by atoms with Gasteiger partial charge in [0.05, 0.1) is 6.61 Å². The van der Waals surface area contributed by atoms with Crippen molar-refractivity contribution in [1.29, 1.82) is 0 Å². The summed E-state index contributed by atoms with van der Waals surface area (Å²) in [5.41, 5.74) is 0. The van der Waals surface area contributed by atoms with Crippen LogP contribution < -0.4 is 5.32 Å². The van der Waals surface area contributed by atoms with Gasteiger partial charge in [0.15, 0.2) is 0 Å². The fourth-order valence-electron chi connectivity index (χ4n) is 2.55. The number of phenolic OH excluding ortho intramolecular Hbond substituents is 1. The first kappa shape index (κ1) is 12.2. The highest BCUT2D eigenvalue weighted by atomic mass is 16.5. The molecule has 1 aliphatic heterocycles. The fraction of sp³-hybridized carbons (Fsp3) is 0.400. The molecule has 3 rings (SSSR count). The normalized spacial score (nSPS) is 20.6. The first-order valence-corrected chi connectivity index (χ1v) is 6.66. The van der Waals surface area contributed by atoms with Gasteiger partial charge in [-0.15, -0.1) is 0 Å². The molecule has 2 atom stereocenters. The molecular weight excluding hydrogens is 240 g/mol. The summed E-state index contributed by atoms with van der Waals surface area (Å²) in [5.74, 6) is 1.61. The third kappa shape index (κ3) is 2.49. The molecule has 4 heteroatoms. The van der Waals surface area contributed by atoms with Gasteiger partial charge in [0.25, 0.3) is 0 Å². The van der Waals surface area contributed by atoms with Gasteiger partial charge in [-0.2, -0.15) is 0 Å². The van der Waals surface area contributed by atoms with Crippen LogP contribution in [0.2, 0.25) is 0 Å². The molecule has 4 nitrogen and oxygen atoms in total. The summed E-state index contributed by atoms with van der Waals surface area (Å²) < 4.78 is 5.42. The van der Waals surface area contributed by atoms with Crippen LogP contribution in [-0.4, -0.2) is 29.3 Å². The molecule has 1 saturated heterocycles. The van der Waals surface area contributed by atoms with Gasteiger partial charge in [-0.05, 0) is 36.9 Å². The molecule has 0 amide bonds. The number of rotatable bonds is 3. The Bertz CT molecular complexity index is 579. The Balaban J connectivity index is 1.89. The van der Waals surface area contributed by atoms with Crippen LogP contribution in [0.3, 0.4) is 0 Å². The van der Waals surface area contributed by atoms with Crippen LogP contribution in [-0.2, 0) is 4.74 Å². The number of anilines is 1. The second-order valence-electron chi connectivity index (χ2n) is 5.12. The van der Waals surface area contributed by atoms with Gasteiger partial charge in [0.2, 0.25) is 0 Å². The predicted molar refractivity (Wildman–Crippen MR) is 75.4 cm³/mol. The number of pyridine rings is 1. The number of aromatic hydroxyl groups is 1. The summed E-state index contributed by atoms with van der Waals surface area (Å²) in [6, 6.07) is 7.61. The number of ether oxygens (including phenoxy) is 1. The summed E-state index contributed by atoms with van der Waals surface area (Å²) in [4.78, 5) is 4.40. The maximum atomic E-state index is 9.62. The van der Waals surface area contributed by atoms with Crippen molar-refractivity contribution in [2.45, 2.75) is 19.4 Å². The topological polar surface area (TPSA) is 54.4 Å². The SMILES string of the molecule is CC(Nc1nccc2ccc(O)cc12)C1CCOC1. The molecule has 1 fully saturated rings. The Morgan fingerprint density at radius 2 is 2.32 bits per heavy atom. The molecule has 100 valence electrons. The van der Waals surface area contributed by atoms with E-state index in [1.807, 2.05) is 12.1 Å². The third-order valence-corrected chi connectivity index (χ3v) is 3.79. The van der Waals surface area contributed by atoms with E-state index in [0.717, 1.165) is 36.2 Å². The number of hydrogen-bond donors (Lipinski definition) is 2. The predicted octanol–water partition coefficient (Wildman–Crippen LogP) is 2.78. The molecule has 0 spiro atoms. The number of aromatic nitrogens is 1. The molecule has 0 bridgehead atoms. The monoisotopic (exact) mass is 258 g/mol. The summed E-state index contributed by atoms with van der Waals surface area (Å²) >= 11 is 0. The average Bonchev–Trinajstić information content (AvgIpc) is 2.93. The lowest BCUT2D eigenvalue weighted by Crippen LogP contribution is -2.26. The van der Waals surface area contributed by atoms with Gasteiger partial charge in [-0.25, -0.2) is 4.98 Å².